The van der Waals surface area contributed by atoms with Crippen LogP contribution in [-0.2, 0) is 17.8 Å². The topological polar surface area (TPSA) is 38.1 Å². The van der Waals surface area contributed by atoms with Crippen molar-refractivity contribution in [3.05, 3.63) is 54.1 Å². The van der Waals surface area contributed by atoms with Crippen molar-refractivity contribution in [2.75, 3.05) is 13.1 Å². The van der Waals surface area contributed by atoms with Crippen molar-refractivity contribution in [2.45, 2.75) is 32.2 Å². The Hall–Kier alpha value is -2.24. The average molecular weight is 333 g/mol. The molecule has 1 fully saturated rings. The lowest BCUT2D eigenvalue weighted by Gasteiger charge is -2.33. The zero-order valence-electron chi connectivity index (χ0n) is 13.5. The minimum atomic E-state index is -0.487. The molecule has 1 aromatic heterocycles. The monoisotopic (exact) mass is 333 g/mol. The molecule has 1 aromatic carbocycles. The second kappa shape index (κ2) is 7.55. The molecule has 0 bridgehead atoms. The van der Waals surface area contributed by atoms with Gasteiger partial charge in [-0.25, -0.2) is 13.8 Å². The van der Waals surface area contributed by atoms with Crippen LogP contribution in [0.5, 0.6) is 0 Å². The second-order valence-electron chi connectivity index (χ2n) is 6.32. The third kappa shape index (κ3) is 3.99. The van der Waals surface area contributed by atoms with Gasteiger partial charge < -0.3 is 9.47 Å². The van der Waals surface area contributed by atoms with Gasteiger partial charge in [0, 0.05) is 31.0 Å². The maximum atomic E-state index is 13.7. The summed E-state index contributed by atoms with van der Waals surface area (Å²) in [4.78, 5) is 18.1. The van der Waals surface area contributed by atoms with Gasteiger partial charge in [0.05, 0.1) is 6.33 Å². The summed E-state index contributed by atoms with van der Waals surface area (Å²) in [5.74, 6) is -0.628. The lowest BCUT2D eigenvalue weighted by molar-refractivity contribution is -0.133. The molecular formula is C18H21F2N3O. The molecule has 2 heterocycles. The Bertz CT molecular complexity index is 667. The van der Waals surface area contributed by atoms with Crippen molar-refractivity contribution in [3.8, 4) is 0 Å². The van der Waals surface area contributed by atoms with Crippen LogP contribution in [0.15, 0.2) is 36.9 Å². The summed E-state index contributed by atoms with van der Waals surface area (Å²) in [5, 5.41) is 0. The number of hydrogen-bond donors (Lipinski definition) is 0. The largest absolute Gasteiger partial charge is 0.341 e. The third-order valence-electron chi connectivity index (χ3n) is 4.61. The fourth-order valence-electron chi connectivity index (χ4n) is 3.28. The Labute approximate surface area is 140 Å². The SMILES string of the molecule is O=C(Cn1ccnc1)N1CCCC(CCc2c(F)cccc2F)C1. The summed E-state index contributed by atoms with van der Waals surface area (Å²) in [6, 6.07) is 3.96. The number of imidazole rings is 1. The lowest BCUT2D eigenvalue weighted by atomic mass is 9.91. The highest BCUT2D eigenvalue weighted by Gasteiger charge is 2.24. The van der Waals surface area contributed by atoms with Crippen molar-refractivity contribution in [3.63, 3.8) is 0 Å². The number of hydrogen-bond acceptors (Lipinski definition) is 2. The molecule has 4 nitrogen and oxygen atoms in total. The molecule has 1 aliphatic rings. The zero-order valence-corrected chi connectivity index (χ0v) is 13.5. The number of nitrogens with zero attached hydrogens (tertiary/aromatic N) is 3. The lowest BCUT2D eigenvalue weighted by Crippen LogP contribution is -2.41. The highest BCUT2D eigenvalue weighted by atomic mass is 19.1. The van der Waals surface area contributed by atoms with E-state index in [-0.39, 0.29) is 23.9 Å². The minimum absolute atomic E-state index is 0.0646. The molecule has 0 spiro atoms. The molecule has 0 saturated carbocycles. The van der Waals surface area contributed by atoms with E-state index in [2.05, 4.69) is 4.98 Å². The predicted octanol–water partition coefficient (Wildman–Crippen LogP) is 3.03. The molecular weight excluding hydrogens is 312 g/mol. The van der Waals surface area contributed by atoms with Crippen molar-refractivity contribution in [2.24, 2.45) is 5.92 Å². The van der Waals surface area contributed by atoms with Crippen molar-refractivity contribution < 1.29 is 13.6 Å². The van der Waals surface area contributed by atoms with Crippen LogP contribution >= 0.6 is 0 Å². The molecule has 1 aliphatic heterocycles. The Balaban J connectivity index is 1.54. The highest BCUT2D eigenvalue weighted by Crippen LogP contribution is 2.23. The summed E-state index contributed by atoms with van der Waals surface area (Å²) in [7, 11) is 0. The van der Waals surface area contributed by atoms with Crippen LogP contribution in [0.3, 0.4) is 0 Å². The second-order valence-corrected chi connectivity index (χ2v) is 6.32. The maximum Gasteiger partial charge on any atom is 0.242 e. The maximum absolute atomic E-state index is 13.7. The Morgan fingerprint density at radius 3 is 2.79 bits per heavy atom. The van der Waals surface area contributed by atoms with Crippen LogP contribution in [0.1, 0.15) is 24.8 Å². The first-order valence-electron chi connectivity index (χ1n) is 8.30. The molecule has 0 radical (unpaired) electrons. The van der Waals surface area contributed by atoms with Gasteiger partial charge in [-0.2, -0.15) is 0 Å². The summed E-state index contributed by atoms with van der Waals surface area (Å²) in [6.07, 6.45) is 8.01. The zero-order chi connectivity index (χ0) is 16.9. The quantitative estimate of drug-likeness (QED) is 0.843. The van der Waals surface area contributed by atoms with Gasteiger partial charge in [0.25, 0.3) is 0 Å². The first kappa shape index (κ1) is 16.6. The van der Waals surface area contributed by atoms with Crippen LogP contribution in [0.2, 0.25) is 0 Å². The van der Waals surface area contributed by atoms with Crippen LogP contribution < -0.4 is 0 Å². The first-order chi connectivity index (χ1) is 11.6. The van der Waals surface area contributed by atoms with Gasteiger partial charge in [-0.05, 0) is 43.7 Å². The molecule has 1 saturated heterocycles. The average Bonchev–Trinajstić information content (AvgIpc) is 3.07. The number of carbonyl (C=O) groups excluding carboxylic acids is 1. The Kier molecular flexibility index (Phi) is 5.23. The van der Waals surface area contributed by atoms with Gasteiger partial charge >= 0.3 is 0 Å². The number of benzene rings is 1. The fourth-order valence-corrected chi connectivity index (χ4v) is 3.28. The molecule has 2 aromatic rings. The van der Waals surface area contributed by atoms with E-state index in [9.17, 15) is 13.6 Å². The summed E-state index contributed by atoms with van der Waals surface area (Å²) in [5.41, 5.74) is 0.152. The molecule has 6 heteroatoms. The highest BCUT2D eigenvalue weighted by molar-refractivity contribution is 5.76. The van der Waals surface area contributed by atoms with Gasteiger partial charge in [-0.15, -0.1) is 0 Å². The molecule has 24 heavy (non-hydrogen) atoms. The molecule has 1 amide bonds. The summed E-state index contributed by atoms with van der Waals surface area (Å²) in [6.45, 7) is 1.69. The van der Waals surface area contributed by atoms with E-state index >= 15 is 0 Å². The molecule has 128 valence electrons. The molecule has 0 aliphatic carbocycles. The van der Waals surface area contributed by atoms with E-state index in [0.29, 0.717) is 19.4 Å². The van der Waals surface area contributed by atoms with E-state index in [0.717, 1.165) is 19.4 Å². The third-order valence-corrected chi connectivity index (χ3v) is 4.61. The van der Waals surface area contributed by atoms with E-state index in [1.165, 1.54) is 18.2 Å². The normalized spacial score (nSPS) is 17.9. The smallest absolute Gasteiger partial charge is 0.242 e. The summed E-state index contributed by atoms with van der Waals surface area (Å²) < 4.78 is 29.2. The molecule has 1 unspecified atom stereocenters. The van der Waals surface area contributed by atoms with E-state index in [1.54, 1.807) is 23.3 Å². The first-order valence-corrected chi connectivity index (χ1v) is 8.30. The van der Waals surface area contributed by atoms with Gasteiger partial charge in [-0.1, -0.05) is 6.07 Å². The van der Waals surface area contributed by atoms with Crippen LogP contribution in [-0.4, -0.2) is 33.4 Å². The fraction of sp³-hybridized carbons (Fsp3) is 0.444. The number of carbonyl (C=O) groups is 1. The van der Waals surface area contributed by atoms with E-state index in [4.69, 9.17) is 0 Å². The number of rotatable bonds is 5. The molecule has 0 N–H and O–H groups in total. The number of piperidine rings is 1. The number of aromatic nitrogens is 2. The number of halogens is 2. The standard InChI is InChI=1S/C18H21F2N3O/c19-16-4-1-5-17(20)15(16)7-6-14-3-2-9-23(11-14)18(24)12-22-10-8-21-13-22/h1,4-5,8,10,13-14H,2-3,6-7,9,11-12H2. The van der Waals surface area contributed by atoms with Crippen LogP contribution in [0.4, 0.5) is 8.78 Å². The van der Waals surface area contributed by atoms with E-state index < -0.39 is 11.6 Å². The van der Waals surface area contributed by atoms with Crippen molar-refractivity contribution in [1.82, 2.24) is 14.5 Å². The van der Waals surface area contributed by atoms with Crippen LogP contribution in [0, 0.1) is 17.6 Å². The van der Waals surface area contributed by atoms with E-state index in [1.807, 2.05) is 4.90 Å². The van der Waals surface area contributed by atoms with Gasteiger partial charge in [0.15, 0.2) is 0 Å². The van der Waals surface area contributed by atoms with Crippen molar-refractivity contribution >= 4 is 5.91 Å². The number of amides is 1. The Morgan fingerprint density at radius 2 is 2.08 bits per heavy atom. The number of likely N-dealkylation sites (tertiary alicyclic amines) is 1. The van der Waals surface area contributed by atoms with Gasteiger partial charge in [0.1, 0.15) is 18.2 Å². The van der Waals surface area contributed by atoms with Crippen LogP contribution in [0.25, 0.3) is 0 Å². The predicted molar refractivity (Wildman–Crippen MR) is 86.2 cm³/mol. The minimum Gasteiger partial charge on any atom is -0.341 e. The molecule has 3 rings (SSSR count). The Morgan fingerprint density at radius 1 is 1.29 bits per heavy atom. The van der Waals surface area contributed by atoms with Gasteiger partial charge in [0.2, 0.25) is 5.91 Å². The van der Waals surface area contributed by atoms with Gasteiger partial charge in [-0.3, -0.25) is 4.79 Å². The van der Waals surface area contributed by atoms with Crippen molar-refractivity contribution in [1.29, 1.82) is 0 Å². The molecule has 1 atom stereocenters. The summed E-state index contributed by atoms with van der Waals surface area (Å²) >= 11 is 0.